The molecule has 0 saturated carbocycles. The van der Waals surface area contributed by atoms with Crippen LogP contribution in [-0.4, -0.2) is 66.8 Å². The Hall–Kier alpha value is -4.08. The van der Waals surface area contributed by atoms with Crippen molar-refractivity contribution in [1.82, 2.24) is 15.5 Å². The third-order valence-corrected chi connectivity index (χ3v) is 6.37. The standard InChI is InChI=1S/C32H45N3O7/c1-24(29(37)40-5)35(21-15-7-6-14-20-33-30(38)41-23-26-18-12-9-13-19-26)28(36)27(22-25-16-10-8-11-17-25)34-31(39)42-32(2,3)4/h8-13,16-19,24,27H,6-7,14-15,20-23H2,1-5H3,(H,33,38)(H,34,39)/t24?,27-/m0/s1. The van der Waals surface area contributed by atoms with E-state index in [2.05, 4.69) is 10.6 Å². The van der Waals surface area contributed by atoms with Crippen LogP contribution in [0, 0.1) is 0 Å². The average Bonchev–Trinajstić information content (AvgIpc) is 2.96. The van der Waals surface area contributed by atoms with Crippen molar-refractivity contribution in [3.8, 4) is 0 Å². The Bertz CT molecular complexity index is 1120. The van der Waals surface area contributed by atoms with Crippen LogP contribution in [0.4, 0.5) is 9.59 Å². The van der Waals surface area contributed by atoms with Gasteiger partial charge in [0.2, 0.25) is 5.91 Å². The first kappa shape index (κ1) is 34.1. The molecule has 2 N–H and O–H groups in total. The Kier molecular flexibility index (Phi) is 14.4. The van der Waals surface area contributed by atoms with E-state index in [1.165, 1.54) is 12.0 Å². The highest BCUT2D eigenvalue weighted by atomic mass is 16.6. The molecule has 230 valence electrons. The van der Waals surface area contributed by atoms with Gasteiger partial charge in [0.1, 0.15) is 24.3 Å². The second kappa shape index (κ2) is 17.7. The molecule has 0 aliphatic rings. The smallest absolute Gasteiger partial charge is 0.408 e. The van der Waals surface area contributed by atoms with Crippen molar-refractivity contribution in [2.24, 2.45) is 0 Å². The minimum Gasteiger partial charge on any atom is -0.467 e. The van der Waals surface area contributed by atoms with Gasteiger partial charge < -0.3 is 29.7 Å². The zero-order valence-electron chi connectivity index (χ0n) is 25.4. The Labute approximate surface area is 249 Å². The van der Waals surface area contributed by atoms with Crippen LogP contribution >= 0.6 is 0 Å². The van der Waals surface area contributed by atoms with E-state index in [0.717, 1.165) is 30.4 Å². The van der Waals surface area contributed by atoms with Gasteiger partial charge in [0.05, 0.1) is 7.11 Å². The van der Waals surface area contributed by atoms with E-state index in [1.54, 1.807) is 27.7 Å². The van der Waals surface area contributed by atoms with E-state index >= 15 is 0 Å². The molecule has 10 nitrogen and oxygen atoms in total. The minimum atomic E-state index is -0.944. The van der Waals surface area contributed by atoms with Gasteiger partial charge in [-0.15, -0.1) is 0 Å². The van der Waals surface area contributed by atoms with Gasteiger partial charge in [-0.1, -0.05) is 73.5 Å². The SMILES string of the molecule is COC(=O)C(C)N(CCCCCCNC(=O)OCc1ccccc1)C(=O)[C@H](Cc1ccccc1)NC(=O)OC(C)(C)C. The molecule has 0 aliphatic carbocycles. The molecule has 0 saturated heterocycles. The summed E-state index contributed by atoms with van der Waals surface area (Å²) in [5.74, 6) is -0.942. The zero-order chi connectivity index (χ0) is 31.0. The number of amides is 3. The Morgan fingerprint density at radius 3 is 2.02 bits per heavy atom. The summed E-state index contributed by atoms with van der Waals surface area (Å²) < 4.78 is 15.5. The fraction of sp³-hybridized carbons (Fsp3) is 0.500. The second-order valence-electron chi connectivity index (χ2n) is 11.0. The van der Waals surface area contributed by atoms with Gasteiger partial charge in [-0.2, -0.15) is 0 Å². The number of carbonyl (C=O) groups excluding carboxylic acids is 4. The van der Waals surface area contributed by atoms with Gasteiger partial charge in [-0.25, -0.2) is 14.4 Å². The number of benzene rings is 2. The molecule has 0 aromatic heterocycles. The number of unbranched alkanes of at least 4 members (excludes halogenated alkanes) is 3. The molecule has 0 bridgehead atoms. The highest BCUT2D eigenvalue weighted by Gasteiger charge is 2.33. The lowest BCUT2D eigenvalue weighted by molar-refractivity contribution is -0.152. The summed E-state index contributed by atoms with van der Waals surface area (Å²) in [4.78, 5) is 52.3. The van der Waals surface area contributed by atoms with E-state index in [4.69, 9.17) is 14.2 Å². The molecular weight excluding hydrogens is 538 g/mol. The Morgan fingerprint density at radius 2 is 1.43 bits per heavy atom. The maximum absolute atomic E-state index is 13.8. The topological polar surface area (TPSA) is 123 Å². The molecule has 0 fully saturated rings. The molecule has 10 heteroatoms. The molecule has 0 aliphatic heterocycles. The first-order chi connectivity index (χ1) is 20.0. The number of rotatable bonds is 15. The summed E-state index contributed by atoms with van der Waals surface area (Å²) in [5.41, 5.74) is 1.03. The zero-order valence-corrected chi connectivity index (χ0v) is 25.4. The third-order valence-electron chi connectivity index (χ3n) is 6.37. The van der Waals surface area contributed by atoms with Crippen LogP contribution in [0.15, 0.2) is 60.7 Å². The van der Waals surface area contributed by atoms with Gasteiger partial charge in [-0.05, 0) is 51.7 Å². The summed E-state index contributed by atoms with van der Waals surface area (Å²) >= 11 is 0. The van der Waals surface area contributed by atoms with Crippen LogP contribution in [0.2, 0.25) is 0 Å². The van der Waals surface area contributed by atoms with Gasteiger partial charge >= 0.3 is 18.2 Å². The summed E-state index contributed by atoms with van der Waals surface area (Å²) in [6.45, 7) is 7.82. The van der Waals surface area contributed by atoms with E-state index in [9.17, 15) is 19.2 Å². The number of alkyl carbamates (subject to hydrolysis) is 2. The number of esters is 1. The van der Waals surface area contributed by atoms with Crippen molar-refractivity contribution in [3.63, 3.8) is 0 Å². The molecule has 2 aromatic rings. The molecule has 1 unspecified atom stereocenters. The fourth-order valence-corrected chi connectivity index (χ4v) is 4.22. The lowest BCUT2D eigenvalue weighted by atomic mass is 10.0. The normalized spacial score (nSPS) is 12.4. The lowest BCUT2D eigenvalue weighted by Gasteiger charge is -2.32. The number of hydrogen-bond acceptors (Lipinski definition) is 7. The van der Waals surface area contributed by atoms with Crippen LogP contribution in [0.3, 0.4) is 0 Å². The lowest BCUT2D eigenvalue weighted by Crippen LogP contribution is -2.54. The van der Waals surface area contributed by atoms with E-state index < -0.39 is 41.7 Å². The molecule has 0 heterocycles. The molecule has 2 rings (SSSR count). The summed E-state index contributed by atoms with van der Waals surface area (Å²) in [6.07, 6.45) is 1.98. The van der Waals surface area contributed by atoms with Crippen molar-refractivity contribution < 1.29 is 33.4 Å². The monoisotopic (exact) mass is 583 g/mol. The molecule has 0 radical (unpaired) electrons. The van der Waals surface area contributed by atoms with Crippen molar-refractivity contribution >= 4 is 24.1 Å². The van der Waals surface area contributed by atoms with Crippen molar-refractivity contribution in [3.05, 3.63) is 71.8 Å². The highest BCUT2D eigenvalue weighted by Crippen LogP contribution is 2.14. The van der Waals surface area contributed by atoms with Crippen molar-refractivity contribution in [2.75, 3.05) is 20.2 Å². The molecule has 2 aromatic carbocycles. The highest BCUT2D eigenvalue weighted by molar-refractivity contribution is 5.89. The molecule has 3 amide bonds. The number of methoxy groups -OCH3 is 1. The van der Waals surface area contributed by atoms with E-state index in [1.807, 2.05) is 60.7 Å². The molecule has 2 atom stereocenters. The number of carbonyl (C=O) groups is 4. The predicted molar refractivity (Wildman–Crippen MR) is 160 cm³/mol. The quantitative estimate of drug-likeness (QED) is 0.172. The van der Waals surface area contributed by atoms with Gasteiger partial charge in [0.25, 0.3) is 0 Å². The number of hydrogen-bond donors (Lipinski definition) is 2. The molecule has 0 spiro atoms. The van der Waals surface area contributed by atoms with Gasteiger partial charge in [-0.3, -0.25) is 4.79 Å². The fourth-order valence-electron chi connectivity index (χ4n) is 4.22. The summed E-state index contributed by atoms with van der Waals surface area (Å²) in [7, 11) is 1.28. The Balaban J connectivity index is 1.93. The maximum Gasteiger partial charge on any atom is 0.408 e. The average molecular weight is 584 g/mol. The third kappa shape index (κ3) is 13.1. The van der Waals surface area contributed by atoms with E-state index in [-0.39, 0.29) is 13.0 Å². The van der Waals surface area contributed by atoms with Crippen molar-refractivity contribution in [2.45, 2.75) is 84.1 Å². The second-order valence-corrected chi connectivity index (χ2v) is 11.0. The molecular formula is C32H45N3O7. The minimum absolute atomic E-state index is 0.211. The predicted octanol–water partition coefficient (Wildman–Crippen LogP) is 5.00. The summed E-state index contributed by atoms with van der Waals surface area (Å²) in [6, 6.07) is 17.0. The first-order valence-corrected chi connectivity index (χ1v) is 14.4. The van der Waals surface area contributed by atoms with Gasteiger partial charge in [0, 0.05) is 19.5 Å². The summed E-state index contributed by atoms with van der Waals surface area (Å²) in [5, 5.41) is 5.45. The first-order valence-electron chi connectivity index (χ1n) is 14.4. The van der Waals surface area contributed by atoms with Crippen LogP contribution in [0.5, 0.6) is 0 Å². The van der Waals surface area contributed by atoms with Crippen LogP contribution in [0.1, 0.15) is 64.5 Å². The van der Waals surface area contributed by atoms with Crippen LogP contribution < -0.4 is 10.6 Å². The van der Waals surface area contributed by atoms with Gasteiger partial charge in [0.15, 0.2) is 0 Å². The maximum atomic E-state index is 13.8. The van der Waals surface area contributed by atoms with Crippen LogP contribution in [0.25, 0.3) is 0 Å². The van der Waals surface area contributed by atoms with Crippen LogP contribution in [-0.2, 0) is 36.8 Å². The van der Waals surface area contributed by atoms with Crippen molar-refractivity contribution in [1.29, 1.82) is 0 Å². The largest absolute Gasteiger partial charge is 0.467 e. The Morgan fingerprint density at radius 1 is 0.833 bits per heavy atom. The molecule has 42 heavy (non-hydrogen) atoms. The number of ether oxygens (including phenoxy) is 3. The number of nitrogens with zero attached hydrogens (tertiary/aromatic N) is 1. The number of nitrogens with one attached hydrogen (secondary N) is 2. The van der Waals surface area contributed by atoms with E-state index in [0.29, 0.717) is 19.5 Å².